The van der Waals surface area contributed by atoms with Gasteiger partial charge in [0.1, 0.15) is 4.90 Å². The van der Waals surface area contributed by atoms with E-state index in [1.54, 1.807) is 30.0 Å². The van der Waals surface area contributed by atoms with E-state index >= 15 is 0 Å². The first-order valence-corrected chi connectivity index (χ1v) is 8.72. The molecule has 1 aliphatic heterocycles. The Morgan fingerprint density at radius 3 is 2.68 bits per heavy atom. The molecule has 2 rings (SSSR count). The summed E-state index contributed by atoms with van der Waals surface area (Å²) in [6.07, 6.45) is 0. The van der Waals surface area contributed by atoms with Crippen molar-refractivity contribution >= 4 is 39.1 Å². The zero-order valence-corrected chi connectivity index (χ0v) is 13.3. The van der Waals surface area contributed by atoms with Gasteiger partial charge in [-0.2, -0.15) is 16.1 Å². The number of halogens is 1. The summed E-state index contributed by atoms with van der Waals surface area (Å²) in [7, 11) is -3.63. The second-order valence-corrected chi connectivity index (χ2v) is 9.19. The van der Waals surface area contributed by atoms with Gasteiger partial charge in [0.25, 0.3) is 0 Å². The molecule has 0 bridgehead atoms. The van der Waals surface area contributed by atoms with Crippen molar-refractivity contribution < 1.29 is 8.42 Å². The lowest BCUT2D eigenvalue weighted by atomic mass is 10.2. The van der Waals surface area contributed by atoms with E-state index in [1.807, 2.05) is 13.8 Å². The molecule has 0 unspecified atom stereocenters. The topological polar surface area (TPSA) is 63.4 Å². The van der Waals surface area contributed by atoms with E-state index in [9.17, 15) is 8.42 Å². The third kappa shape index (κ3) is 3.02. The Hall–Kier alpha value is -0.430. The van der Waals surface area contributed by atoms with Gasteiger partial charge in [-0.3, -0.25) is 0 Å². The fourth-order valence-corrected chi connectivity index (χ4v) is 5.65. The highest BCUT2D eigenvalue weighted by molar-refractivity contribution is 8.00. The quantitative estimate of drug-likeness (QED) is 0.850. The fraction of sp³-hybridized carbons (Fsp3) is 0.500. The Labute approximate surface area is 123 Å². The Kier molecular flexibility index (Phi) is 4.07. The number of benzene rings is 1. The number of hydrogen-bond acceptors (Lipinski definition) is 4. The SMILES string of the molecule is CC1(C)CN(S(=O)(=O)c2c(N)cccc2Cl)CCS1. The van der Waals surface area contributed by atoms with Crippen LogP contribution in [-0.2, 0) is 10.0 Å². The number of sulfonamides is 1. The van der Waals surface area contributed by atoms with E-state index in [-0.39, 0.29) is 20.4 Å². The van der Waals surface area contributed by atoms with Gasteiger partial charge >= 0.3 is 0 Å². The normalized spacial score (nSPS) is 20.4. The molecule has 0 spiro atoms. The highest BCUT2D eigenvalue weighted by Crippen LogP contribution is 2.35. The van der Waals surface area contributed by atoms with Crippen molar-refractivity contribution in [3.8, 4) is 0 Å². The molecule has 0 aliphatic carbocycles. The van der Waals surface area contributed by atoms with Crippen LogP contribution in [0, 0.1) is 0 Å². The molecule has 0 atom stereocenters. The van der Waals surface area contributed by atoms with Crippen molar-refractivity contribution in [2.24, 2.45) is 0 Å². The van der Waals surface area contributed by atoms with Crippen LogP contribution in [0.25, 0.3) is 0 Å². The summed E-state index contributed by atoms with van der Waals surface area (Å²) in [5.74, 6) is 0.774. The fourth-order valence-electron chi connectivity index (χ4n) is 2.11. The molecule has 1 heterocycles. The summed E-state index contributed by atoms with van der Waals surface area (Å²) in [4.78, 5) is 0.0272. The van der Waals surface area contributed by atoms with Crippen molar-refractivity contribution in [1.82, 2.24) is 4.31 Å². The maximum Gasteiger partial charge on any atom is 0.246 e. The molecule has 1 aromatic carbocycles. The van der Waals surface area contributed by atoms with E-state index < -0.39 is 10.0 Å². The highest BCUT2D eigenvalue weighted by atomic mass is 35.5. The molecule has 1 saturated heterocycles. The van der Waals surface area contributed by atoms with E-state index in [0.29, 0.717) is 13.1 Å². The first kappa shape index (κ1) is 15.0. The minimum absolute atomic E-state index is 0.0272. The maximum atomic E-state index is 12.7. The molecule has 4 nitrogen and oxygen atoms in total. The zero-order chi connectivity index (χ0) is 14.3. The first-order chi connectivity index (χ1) is 8.74. The Morgan fingerprint density at radius 1 is 1.42 bits per heavy atom. The highest BCUT2D eigenvalue weighted by Gasteiger charge is 2.36. The summed E-state index contributed by atoms with van der Waals surface area (Å²) in [5.41, 5.74) is 5.98. The van der Waals surface area contributed by atoms with Gasteiger partial charge in [0, 0.05) is 23.6 Å². The monoisotopic (exact) mass is 320 g/mol. The van der Waals surface area contributed by atoms with Crippen molar-refractivity contribution in [2.75, 3.05) is 24.6 Å². The number of nitrogen functional groups attached to an aromatic ring is 1. The third-order valence-electron chi connectivity index (χ3n) is 2.99. The smallest absolute Gasteiger partial charge is 0.246 e. The van der Waals surface area contributed by atoms with E-state index in [2.05, 4.69) is 0 Å². The summed E-state index contributed by atoms with van der Waals surface area (Å²) in [6.45, 7) is 5.02. The molecule has 19 heavy (non-hydrogen) atoms. The zero-order valence-electron chi connectivity index (χ0n) is 10.9. The summed E-state index contributed by atoms with van der Waals surface area (Å²) >= 11 is 7.79. The number of anilines is 1. The van der Waals surface area contributed by atoms with Gasteiger partial charge in [-0.05, 0) is 26.0 Å². The lowest BCUT2D eigenvalue weighted by Crippen LogP contribution is -2.46. The molecule has 0 aromatic heterocycles. The van der Waals surface area contributed by atoms with Crippen LogP contribution in [0.4, 0.5) is 5.69 Å². The number of nitrogens with two attached hydrogens (primary N) is 1. The van der Waals surface area contributed by atoms with E-state index in [0.717, 1.165) is 5.75 Å². The van der Waals surface area contributed by atoms with Crippen LogP contribution in [0.15, 0.2) is 23.1 Å². The van der Waals surface area contributed by atoms with E-state index in [1.165, 1.54) is 4.31 Å². The lowest BCUT2D eigenvalue weighted by molar-refractivity contribution is 0.388. The van der Waals surface area contributed by atoms with Gasteiger partial charge in [-0.1, -0.05) is 17.7 Å². The van der Waals surface area contributed by atoms with E-state index in [4.69, 9.17) is 17.3 Å². The summed E-state index contributed by atoms with van der Waals surface area (Å²) in [6, 6.07) is 4.75. The predicted octanol–water partition coefficient (Wildman–Crippen LogP) is 2.44. The maximum absolute atomic E-state index is 12.7. The molecule has 0 radical (unpaired) electrons. The van der Waals surface area contributed by atoms with Crippen LogP contribution in [0.3, 0.4) is 0 Å². The van der Waals surface area contributed by atoms with Crippen LogP contribution < -0.4 is 5.73 Å². The Bertz CT molecular complexity index is 567. The van der Waals surface area contributed by atoms with Crippen molar-refractivity contribution in [3.63, 3.8) is 0 Å². The second kappa shape index (κ2) is 5.16. The molecule has 7 heteroatoms. The van der Waals surface area contributed by atoms with Crippen LogP contribution in [0.2, 0.25) is 5.02 Å². The predicted molar refractivity (Wildman–Crippen MR) is 81.2 cm³/mol. The van der Waals surface area contributed by atoms with Gasteiger partial charge in [0.15, 0.2) is 0 Å². The summed E-state index contributed by atoms with van der Waals surface area (Å²) in [5, 5.41) is 0.177. The van der Waals surface area contributed by atoms with Gasteiger partial charge < -0.3 is 5.73 Å². The van der Waals surface area contributed by atoms with Crippen LogP contribution >= 0.6 is 23.4 Å². The van der Waals surface area contributed by atoms with Gasteiger partial charge in [-0.15, -0.1) is 0 Å². The molecule has 1 fully saturated rings. The van der Waals surface area contributed by atoms with Crippen LogP contribution in [0.1, 0.15) is 13.8 Å². The molecule has 1 aliphatic rings. The largest absolute Gasteiger partial charge is 0.398 e. The second-order valence-electron chi connectivity index (χ2n) is 5.10. The van der Waals surface area contributed by atoms with Gasteiger partial charge in [0.2, 0.25) is 10.0 Å². The molecule has 0 saturated carbocycles. The summed E-state index contributed by atoms with van der Waals surface area (Å²) < 4.78 is 26.7. The number of rotatable bonds is 2. The average Bonchev–Trinajstić information content (AvgIpc) is 2.27. The lowest BCUT2D eigenvalue weighted by Gasteiger charge is -2.36. The van der Waals surface area contributed by atoms with Gasteiger partial charge in [-0.25, -0.2) is 8.42 Å². The molecular formula is C12H17ClN2O2S2. The van der Waals surface area contributed by atoms with Gasteiger partial charge in [0.05, 0.1) is 10.7 Å². The number of hydrogen-bond donors (Lipinski definition) is 1. The average molecular weight is 321 g/mol. The third-order valence-corrected chi connectivity index (χ3v) is 6.67. The molecule has 1 aromatic rings. The number of thioether (sulfide) groups is 1. The van der Waals surface area contributed by atoms with Crippen molar-refractivity contribution in [1.29, 1.82) is 0 Å². The van der Waals surface area contributed by atoms with Crippen LogP contribution in [0.5, 0.6) is 0 Å². The molecule has 106 valence electrons. The molecule has 2 N–H and O–H groups in total. The molecule has 0 amide bonds. The number of nitrogens with zero attached hydrogens (tertiary/aromatic N) is 1. The van der Waals surface area contributed by atoms with Crippen LogP contribution in [-0.4, -0.2) is 36.3 Å². The standard InChI is InChI=1S/C12H17ClN2O2S2/c1-12(2)8-15(6-7-18-12)19(16,17)11-9(13)4-3-5-10(11)14/h3-5H,6-8,14H2,1-2H3. The van der Waals surface area contributed by atoms with Crippen molar-refractivity contribution in [2.45, 2.75) is 23.5 Å². The Balaban J connectivity index is 2.43. The molecular weight excluding hydrogens is 304 g/mol. The minimum Gasteiger partial charge on any atom is -0.398 e. The minimum atomic E-state index is -3.63. The van der Waals surface area contributed by atoms with Crippen molar-refractivity contribution in [3.05, 3.63) is 23.2 Å². The Morgan fingerprint density at radius 2 is 2.11 bits per heavy atom. The first-order valence-electron chi connectivity index (χ1n) is 5.92.